The van der Waals surface area contributed by atoms with Crippen molar-refractivity contribution in [1.82, 2.24) is 19.5 Å². The molecule has 9 heteroatoms. The van der Waals surface area contributed by atoms with Gasteiger partial charge in [-0.1, -0.05) is 5.92 Å². The summed E-state index contributed by atoms with van der Waals surface area (Å²) in [6.45, 7) is 4.39. The van der Waals surface area contributed by atoms with Crippen molar-refractivity contribution in [2.75, 3.05) is 6.61 Å². The van der Waals surface area contributed by atoms with Crippen LogP contribution in [0.1, 0.15) is 44.7 Å². The molecule has 0 radical (unpaired) electrons. The quantitative estimate of drug-likeness (QED) is 0.765. The lowest BCUT2D eigenvalue weighted by atomic mass is 10.0. The number of ether oxygens (including phenoxy) is 4. The lowest BCUT2D eigenvalue weighted by Gasteiger charge is -2.28. The van der Waals surface area contributed by atoms with Gasteiger partial charge in [0.2, 0.25) is 0 Å². The van der Waals surface area contributed by atoms with Crippen LogP contribution in [0.5, 0.6) is 0 Å². The Morgan fingerprint density at radius 1 is 1.25 bits per heavy atom. The van der Waals surface area contributed by atoms with Gasteiger partial charge in [0.05, 0.1) is 6.33 Å². The van der Waals surface area contributed by atoms with E-state index in [1.807, 2.05) is 18.4 Å². The SMILES string of the molecule is C#C[C@H]1O[C@@H](n2cnc3c(C4OCCCC4N)ncnc32)[C@@H]2OC(C)(C)O[C@@H]21. The zero-order chi connectivity index (χ0) is 19.5. The number of aromatic nitrogens is 4. The van der Waals surface area contributed by atoms with Gasteiger partial charge in [-0.2, -0.15) is 0 Å². The molecular formula is C19H23N5O4. The highest BCUT2D eigenvalue weighted by Crippen LogP contribution is 2.43. The smallest absolute Gasteiger partial charge is 0.167 e. The van der Waals surface area contributed by atoms with Gasteiger partial charge in [-0.15, -0.1) is 6.42 Å². The molecule has 3 fully saturated rings. The Labute approximate surface area is 162 Å². The fourth-order valence-electron chi connectivity index (χ4n) is 4.29. The summed E-state index contributed by atoms with van der Waals surface area (Å²) in [7, 11) is 0. The van der Waals surface area contributed by atoms with Gasteiger partial charge < -0.3 is 24.7 Å². The van der Waals surface area contributed by atoms with E-state index in [2.05, 4.69) is 20.9 Å². The number of fused-ring (bicyclic) bond motifs is 2. The highest BCUT2D eigenvalue weighted by Gasteiger charge is 2.55. The van der Waals surface area contributed by atoms with E-state index >= 15 is 0 Å². The van der Waals surface area contributed by atoms with E-state index in [4.69, 9.17) is 31.1 Å². The van der Waals surface area contributed by atoms with E-state index in [0.29, 0.717) is 23.5 Å². The van der Waals surface area contributed by atoms with Gasteiger partial charge in [0.25, 0.3) is 0 Å². The van der Waals surface area contributed by atoms with Gasteiger partial charge in [-0.05, 0) is 26.7 Å². The minimum atomic E-state index is -0.730. The van der Waals surface area contributed by atoms with Crippen LogP contribution in [0.2, 0.25) is 0 Å². The summed E-state index contributed by atoms with van der Waals surface area (Å²) in [5.74, 6) is 1.92. The number of nitrogens with two attached hydrogens (primary N) is 1. The molecule has 6 atom stereocenters. The number of rotatable bonds is 2. The summed E-state index contributed by atoms with van der Waals surface area (Å²) in [6.07, 6.45) is 8.64. The van der Waals surface area contributed by atoms with Crippen molar-refractivity contribution in [2.24, 2.45) is 5.73 Å². The fourth-order valence-corrected chi connectivity index (χ4v) is 4.29. The summed E-state index contributed by atoms with van der Waals surface area (Å²) >= 11 is 0. The average Bonchev–Trinajstić information content (AvgIpc) is 3.32. The highest BCUT2D eigenvalue weighted by molar-refractivity contribution is 5.73. The van der Waals surface area contributed by atoms with Crippen LogP contribution in [0.15, 0.2) is 12.7 Å². The average molecular weight is 385 g/mol. The highest BCUT2D eigenvalue weighted by atomic mass is 16.8. The van der Waals surface area contributed by atoms with Gasteiger partial charge in [-0.3, -0.25) is 4.57 Å². The van der Waals surface area contributed by atoms with Crippen molar-refractivity contribution in [3.8, 4) is 12.3 Å². The molecule has 0 bridgehead atoms. The number of hydrogen-bond donors (Lipinski definition) is 1. The summed E-state index contributed by atoms with van der Waals surface area (Å²) in [5.41, 5.74) is 8.23. The van der Waals surface area contributed by atoms with Gasteiger partial charge in [0.1, 0.15) is 42.0 Å². The molecule has 2 aromatic heterocycles. The molecule has 0 aliphatic carbocycles. The molecule has 3 aliphatic rings. The van der Waals surface area contributed by atoms with Crippen LogP contribution in [0.25, 0.3) is 11.2 Å². The number of hydrogen-bond acceptors (Lipinski definition) is 8. The predicted octanol–water partition coefficient (Wildman–Crippen LogP) is 1.06. The standard InChI is InChI=1S/C19H23N5O4/c1-4-11-15-16(28-19(2,3)27-15)18(26-11)24-9-23-13-12(21-8-22-17(13)24)14-10(20)6-5-7-25-14/h1,8-11,14-16,18H,5-7,20H2,2-3H3/t10?,11-,14?,15-,16-,18-/m1/s1. The Bertz CT molecular complexity index is 938. The second kappa shape index (κ2) is 6.47. The molecule has 0 spiro atoms. The first-order valence-electron chi connectivity index (χ1n) is 9.50. The first-order valence-corrected chi connectivity index (χ1v) is 9.50. The van der Waals surface area contributed by atoms with Crippen molar-refractivity contribution in [3.63, 3.8) is 0 Å². The van der Waals surface area contributed by atoms with Crippen LogP contribution >= 0.6 is 0 Å². The maximum atomic E-state index is 6.26. The van der Waals surface area contributed by atoms with E-state index in [1.165, 1.54) is 6.33 Å². The predicted molar refractivity (Wildman–Crippen MR) is 97.8 cm³/mol. The van der Waals surface area contributed by atoms with Gasteiger partial charge in [-0.25, -0.2) is 15.0 Å². The number of imidazole rings is 1. The zero-order valence-electron chi connectivity index (χ0n) is 15.8. The summed E-state index contributed by atoms with van der Waals surface area (Å²) < 4.78 is 25.8. The van der Waals surface area contributed by atoms with Crippen LogP contribution in [-0.4, -0.2) is 56.3 Å². The molecule has 3 aliphatic heterocycles. The Morgan fingerprint density at radius 2 is 2.07 bits per heavy atom. The van der Waals surface area contributed by atoms with Gasteiger partial charge in [0.15, 0.2) is 17.7 Å². The van der Waals surface area contributed by atoms with Crippen molar-refractivity contribution in [1.29, 1.82) is 0 Å². The lowest BCUT2D eigenvalue weighted by Crippen LogP contribution is -2.35. The molecular weight excluding hydrogens is 362 g/mol. The monoisotopic (exact) mass is 385 g/mol. The minimum Gasteiger partial charge on any atom is -0.370 e. The largest absolute Gasteiger partial charge is 0.370 e. The van der Waals surface area contributed by atoms with Crippen LogP contribution in [0, 0.1) is 12.3 Å². The Balaban J connectivity index is 1.54. The third-order valence-corrected chi connectivity index (χ3v) is 5.49. The third kappa shape index (κ3) is 2.72. The van der Waals surface area contributed by atoms with Crippen LogP contribution in [-0.2, 0) is 18.9 Å². The fraction of sp³-hybridized carbons (Fsp3) is 0.632. The summed E-state index contributed by atoms with van der Waals surface area (Å²) in [5, 5.41) is 0. The maximum absolute atomic E-state index is 6.26. The topological polar surface area (TPSA) is 107 Å². The second-order valence-corrected chi connectivity index (χ2v) is 7.86. The molecule has 0 amide bonds. The minimum absolute atomic E-state index is 0.123. The normalized spacial score (nSPS) is 37.1. The third-order valence-electron chi connectivity index (χ3n) is 5.49. The van der Waals surface area contributed by atoms with E-state index in [-0.39, 0.29) is 24.4 Å². The molecule has 28 heavy (non-hydrogen) atoms. The molecule has 9 nitrogen and oxygen atoms in total. The van der Waals surface area contributed by atoms with Crippen molar-refractivity contribution in [3.05, 3.63) is 18.3 Å². The van der Waals surface area contributed by atoms with Crippen molar-refractivity contribution >= 4 is 11.2 Å². The molecule has 148 valence electrons. The summed E-state index contributed by atoms with van der Waals surface area (Å²) in [4.78, 5) is 13.4. The lowest BCUT2D eigenvalue weighted by molar-refractivity contribution is -0.190. The number of nitrogens with zero attached hydrogens (tertiary/aromatic N) is 4. The zero-order valence-corrected chi connectivity index (χ0v) is 15.8. The molecule has 5 heterocycles. The Morgan fingerprint density at radius 3 is 2.86 bits per heavy atom. The molecule has 2 N–H and O–H groups in total. The van der Waals surface area contributed by atoms with Crippen molar-refractivity contribution in [2.45, 2.75) is 69.2 Å². The molecule has 3 saturated heterocycles. The van der Waals surface area contributed by atoms with E-state index in [0.717, 1.165) is 12.8 Å². The second-order valence-electron chi connectivity index (χ2n) is 7.86. The molecule has 0 saturated carbocycles. The maximum Gasteiger partial charge on any atom is 0.167 e. The molecule has 2 unspecified atom stereocenters. The van der Waals surface area contributed by atoms with Crippen LogP contribution in [0.4, 0.5) is 0 Å². The molecule has 2 aromatic rings. The van der Waals surface area contributed by atoms with Gasteiger partial charge >= 0.3 is 0 Å². The Kier molecular flexibility index (Phi) is 4.15. The first-order chi connectivity index (χ1) is 13.5. The first kappa shape index (κ1) is 18.0. The molecule has 5 rings (SSSR count). The van der Waals surface area contributed by atoms with E-state index in [9.17, 15) is 0 Å². The van der Waals surface area contributed by atoms with Crippen LogP contribution in [0.3, 0.4) is 0 Å². The number of terminal acetylenes is 1. The van der Waals surface area contributed by atoms with Crippen LogP contribution < -0.4 is 5.73 Å². The summed E-state index contributed by atoms with van der Waals surface area (Å²) in [6, 6.07) is -0.123. The van der Waals surface area contributed by atoms with Gasteiger partial charge in [0, 0.05) is 12.6 Å². The van der Waals surface area contributed by atoms with Crippen molar-refractivity contribution < 1.29 is 18.9 Å². The molecule has 0 aromatic carbocycles. The Hall–Kier alpha value is -2.09. The van der Waals surface area contributed by atoms with E-state index < -0.39 is 18.1 Å². The van der Waals surface area contributed by atoms with E-state index in [1.54, 1.807) is 6.33 Å².